The molecule has 0 atom stereocenters. The largest absolute Gasteiger partial charge is 0.296 e. The SMILES string of the molecule is Cc1nsc(Sc2nnc(CN3CCCCC3)n2-c2ccccc2)n1. The van der Waals surface area contributed by atoms with Crippen LogP contribution in [0.5, 0.6) is 0 Å². The van der Waals surface area contributed by atoms with Gasteiger partial charge in [0.15, 0.2) is 10.2 Å². The van der Waals surface area contributed by atoms with Crippen molar-refractivity contribution in [1.82, 2.24) is 29.0 Å². The summed E-state index contributed by atoms with van der Waals surface area (Å²) in [6.07, 6.45) is 3.87. The van der Waals surface area contributed by atoms with Gasteiger partial charge >= 0.3 is 0 Å². The van der Waals surface area contributed by atoms with E-state index in [1.165, 1.54) is 42.6 Å². The van der Waals surface area contributed by atoms with E-state index in [2.05, 4.69) is 41.2 Å². The first kappa shape index (κ1) is 16.7. The van der Waals surface area contributed by atoms with E-state index in [9.17, 15) is 0 Å². The Balaban J connectivity index is 1.66. The van der Waals surface area contributed by atoms with Gasteiger partial charge in [0.2, 0.25) is 5.16 Å². The molecule has 0 saturated carbocycles. The fraction of sp³-hybridized carbons (Fsp3) is 0.412. The lowest BCUT2D eigenvalue weighted by atomic mass is 10.1. The van der Waals surface area contributed by atoms with Gasteiger partial charge in [-0.1, -0.05) is 24.6 Å². The highest BCUT2D eigenvalue weighted by molar-refractivity contribution is 8.00. The Hall–Kier alpha value is -1.77. The third kappa shape index (κ3) is 3.91. The van der Waals surface area contributed by atoms with E-state index in [1.807, 2.05) is 25.1 Å². The van der Waals surface area contributed by atoms with Crippen LogP contribution in [-0.2, 0) is 6.54 Å². The van der Waals surface area contributed by atoms with Crippen LogP contribution >= 0.6 is 23.3 Å². The fourth-order valence-electron chi connectivity index (χ4n) is 3.02. The van der Waals surface area contributed by atoms with Crippen LogP contribution in [0.15, 0.2) is 39.8 Å². The maximum atomic E-state index is 4.50. The van der Waals surface area contributed by atoms with Crippen molar-refractivity contribution in [2.45, 2.75) is 42.2 Å². The summed E-state index contributed by atoms with van der Waals surface area (Å²) in [6.45, 7) is 5.02. The van der Waals surface area contributed by atoms with Crippen molar-refractivity contribution in [3.05, 3.63) is 42.0 Å². The molecule has 3 heterocycles. The molecule has 6 nitrogen and oxygen atoms in total. The third-order valence-electron chi connectivity index (χ3n) is 4.22. The molecule has 0 bridgehead atoms. The molecule has 4 rings (SSSR count). The molecular formula is C17H20N6S2. The number of para-hydroxylation sites is 1. The minimum atomic E-state index is 0.798. The van der Waals surface area contributed by atoms with Gasteiger partial charge in [-0.05, 0) is 68.3 Å². The first-order valence-corrected chi connectivity index (χ1v) is 10.1. The predicted octanol–water partition coefficient (Wildman–Crippen LogP) is 3.56. The Morgan fingerprint density at radius 3 is 2.60 bits per heavy atom. The summed E-state index contributed by atoms with van der Waals surface area (Å²) in [5.74, 6) is 1.78. The Labute approximate surface area is 155 Å². The van der Waals surface area contributed by atoms with E-state index in [1.54, 1.807) is 0 Å². The molecule has 1 fully saturated rings. The first-order chi connectivity index (χ1) is 12.3. The molecule has 1 saturated heterocycles. The van der Waals surface area contributed by atoms with Gasteiger partial charge < -0.3 is 0 Å². The maximum absolute atomic E-state index is 4.50. The molecule has 0 spiro atoms. The van der Waals surface area contributed by atoms with Crippen LogP contribution < -0.4 is 0 Å². The highest BCUT2D eigenvalue weighted by Crippen LogP contribution is 2.30. The summed E-state index contributed by atoms with van der Waals surface area (Å²) in [4.78, 5) is 6.91. The van der Waals surface area contributed by atoms with E-state index in [4.69, 9.17) is 0 Å². The van der Waals surface area contributed by atoms with E-state index in [0.29, 0.717) is 0 Å². The Morgan fingerprint density at radius 1 is 1.08 bits per heavy atom. The minimum Gasteiger partial charge on any atom is -0.296 e. The van der Waals surface area contributed by atoms with Crippen molar-refractivity contribution in [1.29, 1.82) is 0 Å². The number of aryl methyl sites for hydroxylation is 1. The summed E-state index contributed by atoms with van der Waals surface area (Å²) < 4.78 is 7.30. The molecule has 0 N–H and O–H groups in total. The number of piperidine rings is 1. The van der Waals surface area contributed by atoms with Crippen molar-refractivity contribution in [2.75, 3.05) is 13.1 Å². The van der Waals surface area contributed by atoms with Crippen LogP contribution in [0.25, 0.3) is 5.69 Å². The quantitative estimate of drug-likeness (QED) is 0.682. The zero-order valence-corrected chi connectivity index (χ0v) is 15.8. The zero-order valence-electron chi connectivity index (χ0n) is 14.1. The lowest BCUT2D eigenvalue weighted by molar-refractivity contribution is 0.214. The van der Waals surface area contributed by atoms with Crippen LogP contribution in [-0.4, -0.2) is 42.1 Å². The summed E-state index contributed by atoms with van der Waals surface area (Å²) >= 11 is 2.93. The first-order valence-electron chi connectivity index (χ1n) is 8.50. The average molecular weight is 373 g/mol. The standard InChI is InChI=1S/C17H20N6S2/c1-13-18-17(25-21-13)24-16-20-19-15(12-22-10-6-3-7-11-22)23(16)14-8-4-2-5-9-14/h2,4-5,8-9H,3,6-7,10-12H2,1H3. The Morgan fingerprint density at radius 2 is 1.88 bits per heavy atom. The number of likely N-dealkylation sites (tertiary alicyclic amines) is 1. The smallest absolute Gasteiger partial charge is 0.203 e. The average Bonchev–Trinajstić information content (AvgIpc) is 3.23. The fourth-order valence-corrected chi connectivity index (χ4v) is 4.65. The molecule has 0 amide bonds. The van der Waals surface area contributed by atoms with Crippen molar-refractivity contribution >= 4 is 23.3 Å². The Kier molecular flexibility index (Phi) is 5.09. The predicted molar refractivity (Wildman–Crippen MR) is 99.3 cm³/mol. The van der Waals surface area contributed by atoms with E-state index in [0.717, 1.165) is 46.5 Å². The third-order valence-corrected chi connectivity index (χ3v) is 6.01. The monoisotopic (exact) mass is 372 g/mol. The summed E-state index contributed by atoms with van der Waals surface area (Å²) in [5.41, 5.74) is 1.09. The van der Waals surface area contributed by atoms with Crippen LogP contribution in [0.1, 0.15) is 30.9 Å². The van der Waals surface area contributed by atoms with Gasteiger partial charge in [0, 0.05) is 5.69 Å². The second kappa shape index (κ2) is 7.63. The van der Waals surface area contributed by atoms with Crippen molar-refractivity contribution in [3.8, 4) is 5.69 Å². The highest BCUT2D eigenvalue weighted by Gasteiger charge is 2.20. The van der Waals surface area contributed by atoms with Gasteiger partial charge in [0.25, 0.3) is 0 Å². The van der Waals surface area contributed by atoms with Gasteiger partial charge in [-0.25, -0.2) is 4.98 Å². The van der Waals surface area contributed by atoms with E-state index in [-0.39, 0.29) is 0 Å². The highest BCUT2D eigenvalue weighted by atomic mass is 32.2. The number of aromatic nitrogens is 5. The van der Waals surface area contributed by atoms with E-state index < -0.39 is 0 Å². The van der Waals surface area contributed by atoms with Gasteiger partial charge in [-0.2, -0.15) is 4.37 Å². The van der Waals surface area contributed by atoms with Crippen molar-refractivity contribution in [3.63, 3.8) is 0 Å². The minimum absolute atomic E-state index is 0.798. The normalized spacial score (nSPS) is 15.6. The van der Waals surface area contributed by atoms with Gasteiger partial charge in [0.1, 0.15) is 5.82 Å². The number of nitrogens with zero attached hydrogens (tertiary/aromatic N) is 6. The molecule has 2 aromatic heterocycles. The van der Waals surface area contributed by atoms with Crippen LogP contribution in [0, 0.1) is 6.92 Å². The van der Waals surface area contributed by atoms with Crippen LogP contribution in [0.2, 0.25) is 0 Å². The molecule has 0 radical (unpaired) electrons. The molecule has 25 heavy (non-hydrogen) atoms. The van der Waals surface area contributed by atoms with Gasteiger partial charge in [-0.15, -0.1) is 10.2 Å². The molecule has 130 valence electrons. The second-order valence-electron chi connectivity index (χ2n) is 6.12. The zero-order chi connectivity index (χ0) is 17.1. The topological polar surface area (TPSA) is 59.7 Å². The lowest BCUT2D eigenvalue weighted by Crippen LogP contribution is -2.30. The summed E-state index contributed by atoms with van der Waals surface area (Å²) in [6, 6.07) is 10.3. The molecule has 0 unspecified atom stereocenters. The molecule has 1 aromatic carbocycles. The van der Waals surface area contributed by atoms with E-state index >= 15 is 0 Å². The summed E-state index contributed by atoms with van der Waals surface area (Å²) in [5, 5.41) is 9.79. The molecule has 1 aliphatic rings. The molecule has 3 aromatic rings. The number of hydrogen-bond donors (Lipinski definition) is 0. The van der Waals surface area contributed by atoms with Crippen molar-refractivity contribution in [2.24, 2.45) is 0 Å². The molecule has 1 aliphatic heterocycles. The van der Waals surface area contributed by atoms with Crippen molar-refractivity contribution < 1.29 is 0 Å². The lowest BCUT2D eigenvalue weighted by Gasteiger charge is -2.26. The Bertz CT molecular complexity index is 823. The maximum Gasteiger partial charge on any atom is 0.203 e. The number of rotatable bonds is 5. The number of benzene rings is 1. The van der Waals surface area contributed by atoms with Gasteiger partial charge in [-0.3, -0.25) is 9.47 Å². The van der Waals surface area contributed by atoms with Crippen LogP contribution in [0.4, 0.5) is 0 Å². The molecule has 0 aliphatic carbocycles. The number of hydrogen-bond acceptors (Lipinski definition) is 7. The van der Waals surface area contributed by atoms with Gasteiger partial charge in [0.05, 0.1) is 6.54 Å². The van der Waals surface area contributed by atoms with Crippen LogP contribution in [0.3, 0.4) is 0 Å². The summed E-state index contributed by atoms with van der Waals surface area (Å²) in [7, 11) is 0. The second-order valence-corrected chi connectivity index (χ2v) is 8.08. The molecular weight excluding hydrogens is 352 g/mol. The molecule has 8 heteroatoms.